The lowest BCUT2D eigenvalue weighted by atomic mass is 10.1. The normalized spacial score (nSPS) is 18.2. The SMILES string of the molecule is NCCn1cc(C2CCCC2)nn1. The molecule has 0 saturated heterocycles. The van der Waals surface area contributed by atoms with Crippen LogP contribution in [-0.2, 0) is 6.54 Å². The van der Waals surface area contributed by atoms with Crippen molar-refractivity contribution in [3.05, 3.63) is 11.9 Å². The fraction of sp³-hybridized carbons (Fsp3) is 0.778. The molecule has 0 radical (unpaired) electrons. The first-order chi connectivity index (χ1) is 6.40. The van der Waals surface area contributed by atoms with Gasteiger partial charge in [0.15, 0.2) is 0 Å². The summed E-state index contributed by atoms with van der Waals surface area (Å²) < 4.78 is 1.84. The van der Waals surface area contributed by atoms with Crippen LogP contribution in [-0.4, -0.2) is 21.5 Å². The Morgan fingerprint density at radius 1 is 1.46 bits per heavy atom. The molecule has 2 rings (SSSR count). The third-order valence-electron chi connectivity index (χ3n) is 2.69. The largest absolute Gasteiger partial charge is 0.329 e. The topological polar surface area (TPSA) is 56.7 Å². The van der Waals surface area contributed by atoms with Crippen LogP contribution in [0.5, 0.6) is 0 Å². The number of nitrogens with two attached hydrogens (primary N) is 1. The highest BCUT2D eigenvalue weighted by molar-refractivity contribution is 5.03. The summed E-state index contributed by atoms with van der Waals surface area (Å²) in [5.41, 5.74) is 6.59. The second kappa shape index (κ2) is 3.87. The molecule has 1 fully saturated rings. The van der Waals surface area contributed by atoms with E-state index in [9.17, 15) is 0 Å². The standard InChI is InChI=1S/C9H16N4/c10-5-6-13-7-9(11-12-13)8-3-1-2-4-8/h7-8H,1-6,10H2. The molecule has 1 aliphatic rings. The van der Waals surface area contributed by atoms with Crippen LogP contribution in [0.15, 0.2) is 6.20 Å². The molecule has 0 atom stereocenters. The molecule has 0 bridgehead atoms. The van der Waals surface area contributed by atoms with E-state index in [4.69, 9.17) is 5.73 Å². The van der Waals surface area contributed by atoms with Gasteiger partial charge in [-0.1, -0.05) is 18.1 Å². The van der Waals surface area contributed by atoms with Crippen LogP contribution in [0.25, 0.3) is 0 Å². The Morgan fingerprint density at radius 3 is 2.92 bits per heavy atom. The maximum atomic E-state index is 5.43. The molecule has 2 N–H and O–H groups in total. The van der Waals surface area contributed by atoms with Crippen LogP contribution in [0.1, 0.15) is 37.3 Å². The quantitative estimate of drug-likeness (QED) is 0.751. The summed E-state index contributed by atoms with van der Waals surface area (Å²) in [6, 6.07) is 0. The first kappa shape index (κ1) is 8.69. The average molecular weight is 180 g/mol. The zero-order chi connectivity index (χ0) is 9.10. The van der Waals surface area contributed by atoms with Crippen molar-refractivity contribution >= 4 is 0 Å². The van der Waals surface area contributed by atoms with Crippen molar-refractivity contribution in [2.24, 2.45) is 5.73 Å². The van der Waals surface area contributed by atoms with Crippen molar-refractivity contribution in [3.8, 4) is 0 Å². The van der Waals surface area contributed by atoms with Crippen molar-refractivity contribution in [1.82, 2.24) is 15.0 Å². The summed E-state index contributed by atoms with van der Waals surface area (Å²) in [5, 5.41) is 8.21. The van der Waals surface area contributed by atoms with Crippen molar-refractivity contribution in [1.29, 1.82) is 0 Å². The van der Waals surface area contributed by atoms with Gasteiger partial charge in [0.25, 0.3) is 0 Å². The number of rotatable bonds is 3. The molecule has 13 heavy (non-hydrogen) atoms. The van der Waals surface area contributed by atoms with Crippen molar-refractivity contribution in [2.45, 2.75) is 38.1 Å². The Morgan fingerprint density at radius 2 is 2.23 bits per heavy atom. The van der Waals surface area contributed by atoms with Gasteiger partial charge in [-0.15, -0.1) is 5.10 Å². The Bertz CT molecular complexity index is 262. The molecule has 0 aliphatic heterocycles. The van der Waals surface area contributed by atoms with Gasteiger partial charge < -0.3 is 5.73 Å². The van der Waals surface area contributed by atoms with Gasteiger partial charge in [0.1, 0.15) is 0 Å². The molecule has 0 unspecified atom stereocenters. The van der Waals surface area contributed by atoms with Crippen molar-refractivity contribution in [2.75, 3.05) is 6.54 Å². The lowest BCUT2D eigenvalue weighted by Crippen LogP contribution is -2.10. The van der Waals surface area contributed by atoms with Gasteiger partial charge in [0.2, 0.25) is 0 Å². The number of hydrogen-bond donors (Lipinski definition) is 1. The summed E-state index contributed by atoms with van der Waals surface area (Å²) in [6.45, 7) is 1.41. The summed E-state index contributed by atoms with van der Waals surface area (Å²) in [5.74, 6) is 0.659. The predicted octanol–water partition coefficient (Wildman–Crippen LogP) is 0.894. The van der Waals surface area contributed by atoms with Gasteiger partial charge in [-0.2, -0.15) is 0 Å². The molecule has 1 aromatic heterocycles. The van der Waals surface area contributed by atoms with Crippen molar-refractivity contribution in [3.63, 3.8) is 0 Å². The molecule has 4 heteroatoms. The Hall–Kier alpha value is -0.900. The molecular formula is C9H16N4. The number of hydrogen-bond acceptors (Lipinski definition) is 3. The van der Waals surface area contributed by atoms with Gasteiger partial charge in [0, 0.05) is 18.7 Å². The van der Waals surface area contributed by atoms with Crippen LogP contribution >= 0.6 is 0 Å². The molecule has 1 heterocycles. The van der Waals surface area contributed by atoms with Gasteiger partial charge >= 0.3 is 0 Å². The lowest BCUT2D eigenvalue weighted by Gasteiger charge is -2.01. The van der Waals surface area contributed by atoms with E-state index < -0.39 is 0 Å². The Kier molecular flexibility index (Phi) is 2.59. The summed E-state index contributed by atoms with van der Waals surface area (Å²) in [4.78, 5) is 0. The summed E-state index contributed by atoms with van der Waals surface area (Å²) in [6.07, 6.45) is 7.29. The van der Waals surface area contributed by atoms with Crippen LogP contribution in [0, 0.1) is 0 Å². The van der Waals surface area contributed by atoms with Crippen LogP contribution in [0.2, 0.25) is 0 Å². The lowest BCUT2D eigenvalue weighted by molar-refractivity contribution is 0.597. The molecule has 1 aromatic rings. The second-order valence-corrected chi connectivity index (χ2v) is 3.68. The van der Waals surface area contributed by atoms with E-state index in [1.54, 1.807) is 0 Å². The average Bonchev–Trinajstić information content (AvgIpc) is 2.70. The molecule has 1 aliphatic carbocycles. The molecule has 4 nitrogen and oxygen atoms in total. The van der Waals surface area contributed by atoms with Gasteiger partial charge in [-0.05, 0) is 12.8 Å². The minimum Gasteiger partial charge on any atom is -0.329 e. The molecule has 72 valence electrons. The fourth-order valence-electron chi connectivity index (χ4n) is 1.96. The van der Waals surface area contributed by atoms with E-state index in [2.05, 4.69) is 10.3 Å². The third kappa shape index (κ3) is 1.88. The highest BCUT2D eigenvalue weighted by Crippen LogP contribution is 2.32. The van der Waals surface area contributed by atoms with Gasteiger partial charge in [-0.25, -0.2) is 0 Å². The van der Waals surface area contributed by atoms with Crippen LogP contribution < -0.4 is 5.73 Å². The first-order valence-corrected chi connectivity index (χ1v) is 5.00. The van der Waals surface area contributed by atoms with E-state index in [0.29, 0.717) is 12.5 Å². The molecule has 1 saturated carbocycles. The first-order valence-electron chi connectivity index (χ1n) is 5.00. The van der Waals surface area contributed by atoms with E-state index in [0.717, 1.165) is 12.2 Å². The third-order valence-corrected chi connectivity index (χ3v) is 2.69. The molecular weight excluding hydrogens is 164 g/mol. The van der Waals surface area contributed by atoms with E-state index in [1.807, 2.05) is 10.9 Å². The zero-order valence-electron chi connectivity index (χ0n) is 7.82. The molecule has 0 amide bonds. The van der Waals surface area contributed by atoms with Crippen LogP contribution in [0.3, 0.4) is 0 Å². The minimum absolute atomic E-state index is 0.632. The zero-order valence-corrected chi connectivity index (χ0v) is 7.82. The maximum Gasteiger partial charge on any atom is 0.0857 e. The summed E-state index contributed by atoms with van der Waals surface area (Å²) >= 11 is 0. The molecule has 0 aromatic carbocycles. The monoisotopic (exact) mass is 180 g/mol. The van der Waals surface area contributed by atoms with E-state index >= 15 is 0 Å². The Labute approximate surface area is 78.1 Å². The second-order valence-electron chi connectivity index (χ2n) is 3.68. The number of aromatic nitrogens is 3. The highest BCUT2D eigenvalue weighted by atomic mass is 15.4. The molecule has 0 spiro atoms. The Balaban J connectivity index is 2.03. The van der Waals surface area contributed by atoms with Crippen molar-refractivity contribution < 1.29 is 0 Å². The van der Waals surface area contributed by atoms with E-state index in [-0.39, 0.29) is 0 Å². The fourth-order valence-corrected chi connectivity index (χ4v) is 1.96. The van der Waals surface area contributed by atoms with Crippen LogP contribution in [0.4, 0.5) is 0 Å². The smallest absolute Gasteiger partial charge is 0.0857 e. The van der Waals surface area contributed by atoms with Gasteiger partial charge in [0.05, 0.1) is 12.2 Å². The number of nitrogens with zero attached hydrogens (tertiary/aromatic N) is 3. The predicted molar refractivity (Wildman–Crippen MR) is 50.3 cm³/mol. The highest BCUT2D eigenvalue weighted by Gasteiger charge is 2.19. The maximum absolute atomic E-state index is 5.43. The van der Waals surface area contributed by atoms with E-state index in [1.165, 1.54) is 25.7 Å². The summed E-state index contributed by atoms with van der Waals surface area (Å²) in [7, 11) is 0. The van der Waals surface area contributed by atoms with Gasteiger partial charge in [-0.3, -0.25) is 4.68 Å². The minimum atomic E-state index is 0.632.